The van der Waals surface area contributed by atoms with Crippen LogP contribution in [0.4, 0.5) is 11.4 Å². The summed E-state index contributed by atoms with van der Waals surface area (Å²) in [6, 6.07) is 28.8. The normalized spacial score (nSPS) is 10.9. The number of azo groups is 1. The van der Waals surface area contributed by atoms with Gasteiger partial charge in [-0.15, -0.1) is 0 Å². The molecule has 3 rings (SSSR count). The van der Waals surface area contributed by atoms with Gasteiger partial charge in [0.05, 0.1) is 0 Å². The van der Waals surface area contributed by atoms with Crippen LogP contribution in [0, 0.1) is 0 Å². The van der Waals surface area contributed by atoms with Crippen LogP contribution < -0.4 is 7.22 Å². The molecule has 0 N–H and O–H groups in total. The van der Waals surface area contributed by atoms with E-state index in [2.05, 4.69) is 52.7 Å². The zero-order valence-electron chi connectivity index (χ0n) is 11.4. The maximum absolute atomic E-state index is 4.26. The van der Waals surface area contributed by atoms with Crippen LogP contribution in [0.3, 0.4) is 0 Å². The van der Waals surface area contributed by atoms with Gasteiger partial charge in [0.2, 0.25) is 0 Å². The molecule has 0 unspecified atom stereocenters. The zero-order chi connectivity index (χ0) is 14.3. The summed E-state index contributed by atoms with van der Waals surface area (Å²) < 4.78 is 2.85. The topological polar surface area (TPSA) is 24.7 Å². The van der Waals surface area contributed by atoms with Crippen molar-refractivity contribution in [2.24, 2.45) is 10.2 Å². The van der Waals surface area contributed by atoms with E-state index in [0.29, 0.717) is 0 Å². The van der Waals surface area contributed by atoms with Gasteiger partial charge in [0, 0.05) is 0 Å². The van der Waals surface area contributed by atoms with E-state index in [1.165, 1.54) is 7.22 Å². The Kier molecular flexibility index (Phi) is 4.78. The second-order valence-electron chi connectivity index (χ2n) is 4.44. The van der Waals surface area contributed by atoms with Gasteiger partial charge in [-0.3, -0.25) is 0 Å². The van der Waals surface area contributed by atoms with E-state index in [1.54, 1.807) is 0 Å². The number of hydrogen-bond donors (Lipinski definition) is 0. The Morgan fingerprint density at radius 3 is 1.57 bits per heavy atom. The molecule has 0 spiro atoms. The first-order valence-corrected chi connectivity index (χ1v) is 9.03. The molecule has 0 aliphatic heterocycles. The SMILES string of the molecule is c1ccc(N=Nc2ccc([Te]c3ccccc3)cc2)cc1. The summed E-state index contributed by atoms with van der Waals surface area (Å²) in [4.78, 5) is 0. The Labute approximate surface area is 134 Å². The summed E-state index contributed by atoms with van der Waals surface area (Å²) in [5, 5.41) is 8.49. The van der Waals surface area contributed by atoms with Crippen LogP contribution in [0.25, 0.3) is 0 Å². The van der Waals surface area contributed by atoms with Gasteiger partial charge >= 0.3 is 135 Å². The summed E-state index contributed by atoms with van der Waals surface area (Å²) in [5.74, 6) is 0. The van der Waals surface area contributed by atoms with E-state index in [4.69, 9.17) is 0 Å². The van der Waals surface area contributed by atoms with Crippen molar-refractivity contribution in [3.63, 3.8) is 0 Å². The predicted octanol–water partition coefficient (Wildman–Crippen LogP) is 3.76. The van der Waals surface area contributed by atoms with Crippen LogP contribution in [0.2, 0.25) is 0 Å². The van der Waals surface area contributed by atoms with E-state index in [-0.39, 0.29) is 20.9 Å². The summed E-state index contributed by atoms with van der Waals surface area (Å²) in [6.07, 6.45) is 0. The number of nitrogens with zero attached hydrogens (tertiary/aromatic N) is 2. The average Bonchev–Trinajstić information content (AvgIpc) is 2.56. The Hall–Kier alpha value is -1.95. The first-order chi connectivity index (χ1) is 10.4. The van der Waals surface area contributed by atoms with Gasteiger partial charge in [-0.05, 0) is 0 Å². The molecule has 0 aromatic heterocycles. The molecule has 0 atom stereocenters. The molecule has 0 saturated heterocycles. The maximum atomic E-state index is 4.26. The van der Waals surface area contributed by atoms with Crippen LogP contribution >= 0.6 is 0 Å². The van der Waals surface area contributed by atoms with E-state index in [1.807, 2.05) is 42.5 Å². The van der Waals surface area contributed by atoms with Gasteiger partial charge in [0.1, 0.15) is 0 Å². The van der Waals surface area contributed by atoms with Crippen molar-refractivity contribution < 1.29 is 0 Å². The Morgan fingerprint density at radius 2 is 0.952 bits per heavy atom. The molecule has 2 nitrogen and oxygen atoms in total. The fourth-order valence-electron chi connectivity index (χ4n) is 1.82. The van der Waals surface area contributed by atoms with E-state index >= 15 is 0 Å². The molecule has 0 heterocycles. The number of rotatable bonds is 4. The van der Waals surface area contributed by atoms with Crippen LogP contribution in [-0.2, 0) is 0 Å². The third-order valence-electron chi connectivity index (χ3n) is 2.85. The molecule has 0 radical (unpaired) electrons. The summed E-state index contributed by atoms with van der Waals surface area (Å²) in [5.41, 5.74) is 1.77. The first-order valence-electron chi connectivity index (χ1n) is 6.70. The molecule has 0 amide bonds. The predicted molar refractivity (Wildman–Crippen MR) is 88.5 cm³/mol. The number of hydrogen-bond acceptors (Lipinski definition) is 2. The van der Waals surface area contributed by atoms with Gasteiger partial charge in [0.25, 0.3) is 0 Å². The average molecular weight is 386 g/mol. The molecule has 0 aliphatic carbocycles. The van der Waals surface area contributed by atoms with Crippen molar-refractivity contribution >= 4 is 39.5 Å². The molecule has 3 aromatic carbocycles. The van der Waals surface area contributed by atoms with Gasteiger partial charge in [-0.25, -0.2) is 0 Å². The summed E-state index contributed by atoms with van der Waals surface area (Å²) in [7, 11) is 0. The van der Waals surface area contributed by atoms with Crippen LogP contribution in [0.5, 0.6) is 0 Å². The Balaban J connectivity index is 1.68. The van der Waals surface area contributed by atoms with E-state index < -0.39 is 0 Å². The third-order valence-corrected chi connectivity index (χ3v) is 5.75. The number of benzene rings is 3. The quantitative estimate of drug-likeness (QED) is 0.482. The van der Waals surface area contributed by atoms with Crippen LogP contribution in [0.15, 0.2) is 95.2 Å². The molecule has 3 aromatic rings. The van der Waals surface area contributed by atoms with Gasteiger partial charge < -0.3 is 0 Å². The molecule has 0 fully saturated rings. The fourth-order valence-corrected chi connectivity index (χ4v) is 4.21. The minimum atomic E-state index is -0.302. The van der Waals surface area contributed by atoms with Crippen molar-refractivity contribution in [3.05, 3.63) is 84.9 Å². The molecule has 0 aliphatic rings. The molecule has 0 bridgehead atoms. The standard InChI is InChI=1S/C18H14N2Te/c1-3-7-15(8-4-1)19-20-16-11-13-18(14-12-16)21-17-9-5-2-6-10-17/h1-14H. The van der Waals surface area contributed by atoms with Crippen molar-refractivity contribution in [2.75, 3.05) is 0 Å². The fraction of sp³-hybridized carbons (Fsp3) is 0. The van der Waals surface area contributed by atoms with Crippen molar-refractivity contribution in [2.45, 2.75) is 0 Å². The molecule has 3 heteroatoms. The molecular weight excluding hydrogens is 372 g/mol. The Bertz CT molecular complexity index is 707. The molecule has 102 valence electrons. The second-order valence-corrected chi connectivity index (χ2v) is 7.72. The third kappa shape index (κ3) is 4.26. The van der Waals surface area contributed by atoms with Crippen molar-refractivity contribution in [3.8, 4) is 0 Å². The summed E-state index contributed by atoms with van der Waals surface area (Å²) in [6.45, 7) is 0. The van der Waals surface area contributed by atoms with E-state index in [0.717, 1.165) is 11.4 Å². The van der Waals surface area contributed by atoms with Gasteiger partial charge in [-0.2, -0.15) is 0 Å². The second kappa shape index (κ2) is 7.17. The molecule has 21 heavy (non-hydrogen) atoms. The van der Waals surface area contributed by atoms with Crippen molar-refractivity contribution in [1.82, 2.24) is 0 Å². The van der Waals surface area contributed by atoms with E-state index in [9.17, 15) is 0 Å². The minimum absolute atomic E-state index is 0.302. The van der Waals surface area contributed by atoms with Crippen LogP contribution in [0.1, 0.15) is 0 Å². The molecular formula is C18H14N2Te. The monoisotopic (exact) mass is 388 g/mol. The first kappa shape index (κ1) is 14.0. The Morgan fingerprint density at radius 1 is 0.476 bits per heavy atom. The summed E-state index contributed by atoms with van der Waals surface area (Å²) >= 11 is -0.302. The van der Waals surface area contributed by atoms with Gasteiger partial charge in [0.15, 0.2) is 0 Å². The van der Waals surface area contributed by atoms with Gasteiger partial charge in [-0.1, -0.05) is 0 Å². The van der Waals surface area contributed by atoms with Crippen LogP contribution in [-0.4, -0.2) is 20.9 Å². The molecule has 0 saturated carbocycles. The zero-order valence-corrected chi connectivity index (χ0v) is 13.7. The van der Waals surface area contributed by atoms with Crippen molar-refractivity contribution in [1.29, 1.82) is 0 Å².